The fourth-order valence-corrected chi connectivity index (χ4v) is 1.53. The largest absolute Gasteiger partial charge is 0.494 e. The summed E-state index contributed by atoms with van der Waals surface area (Å²) < 4.78 is 0. The third-order valence-electron chi connectivity index (χ3n) is 2.36. The fraction of sp³-hybridized carbons (Fsp3) is 0.0833. The summed E-state index contributed by atoms with van der Waals surface area (Å²) in [4.78, 5) is 13.6. The Balaban J connectivity index is 2.68. The van der Waals surface area contributed by atoms with Gasteiger partial charge in [-0.05, 0) is 18.1 Å². The molecule has 1 aromatic carbocycles. The van der Waals surface area contributed by atoms with Gasteiger partial charge in [-0.1, -0.05) is 30.3 Å². The molecule has 0 radical (unpaired) electrons. The minimum Gasteiger partial charge on any atom is -0.494 e. The van der Waals surface area contributed by atoms with Crippen molar-refractivity contribution in [2.24, 2.45) is 0 Å². The molecule has 76 valence electrons. The summed E-state index contributed by atoms with van der Waals surface area (Å²) in [6.45, 7) is 1.77. The number of rotatable bonds is 1. The number of nitrogens with one attached hydrogen (secondary N) is 1. The van der Waals surface area contributed by atoms with Gasteiger partial charge in [0.05, 0.1) is 0 Å². The zero-order valence-corrected chi connectivity index (χ0v) is 8.32. The van der Waals surface area contributed by atoms with Crippen molar-refractivity contribution < 1.29 is 5.11 Å². The maximum absolute atomic E-state index is 11.2. The molecule has 0 saturated heterocycles. The van der Waals surface area contributed by atoms with Crippen LogP contribution < -0.4 is 5.56 Å². The van der Waals surface area contributed by atoms with Gasteiger partial charge in [0, 0.05) is 11.6 Å². The molecule has 1 aromatic heterocycles. The third-order valence-corrected chi connectivity index (χ3v) is 2.36. The van der Waals surface area contributed by atoms with Gasteiger partial charge in [0.25, 0.3) is 5.56 Å². The van der Waals surface area contributed by atoms with Gasteiger partial charge < -0.3 is 5.11 Å². The Kier molecular flexibility index (Phi) is 2.29. The number of hydrogen-bond donors (Lipinski definition) is 2. The van der Waals surface area contributed by atoms with E-state index >= 15 is 0 Å². The van der Waals surface area contributed by atoms with E-state index in [2.05, 4.69) is 4.98 Å². The molecule has 2 rings (SSSR count). The first-order valence-electron chi connectivity index (χ1n) is 4.67. The highest BCUT2D eigenvalue weighted by atomic mass is 16.3. The van der Waals surface area contributed by atoms with Crippen molar-refractivity contribution in [3.8, 4) is 17.0 Å². The van der Waals surface area contributed by atoms with E-state index in [1.807, 2.05) is 30.3 Å². The highest BCUT2D eigenvalue weighted by Gasteiger charge is 2.06. The van der Waals surface area contributed by atoms with E-state index in [0.717, 1.165) is 11.1 Å². The summed E-state index contributed by atoms with van der Waals surface area (Å²) in [5, 5.41) is 9.49. The molecule has 0 atom stereocenters. The molecule has 0 saturated carbocycles. The molecule has 0 spiro atoms. The molecule has 0 aliphatic heterocycles. The topological polar surface area (TPSA) is 53.1 Å². The van der Waals surface area contributed by atoms with Crippen LogP contribution in [0.3, 0.4) is 0 Å². The summed E-state index contributed by atoms with van der Waals surface area (Å²) in [6, 6.07) is 11.0. The molecule has 0 aliphatic rings. The monoisotopic (exact) mass is 201 g/mol. The molecule has 3 heteroatoms. The Hall–Kier alpha value is -2.03. The van der Waals surface area contributed by atoms with Gasteiger partial charge in [-0.25, -0.2) is 0 Å². The Morgan fingerprint density at radius 1 is 1.20 bits per heavy atom. The molecule has 0 aliphatic carbocycles. The van der Waals surface area contributed by atoms with Crippen molar-refractivity contribution in [3.05, 3.63) is 52.3 Å². The Morgan fingerprint density at radius 3 is 2.53 bits per heavy atom. The number of H-pyrrole nitrogens is 1. The summed E-state index contributed by atoms with van der Waals surface area (Å²) in [6.07, 6.45) is 0. The number of hydrogen-bond acceptors (Lipinski definition) is 2. The molecular weight excluding hydrogens is 190 g/mol. The predicted molar refractivity (Wildman–Crippen MR) is 58.9 cm³/mol. The molecule has 2 aromatic rings. The van der Waals surface area contributed by atoms with Gasteiger partial charge >= 0.3 is 0 Å². The highest BCUT2D eigenvalue weighted by Crippen LogP contribution is 2.25. The van der Waals surface area contributed by atoms with Crippen molar-refractivity contribution in [3.63, 3.8) is 0 Å². The van der Waals surface area contributed by atoms with Crippen LogP contribution in [0.5, 0.6) is 5.88 Å². The number of aromatic hydroxyl groups is 1. The second-order valence-corrected chi connectivity index (χ2v) is 3.39. The van der Waals surface area contributed by atoms with Gasteiger partial charge in [-0.2, -0.15) is 0 Å². The van der Waals surface area contributed by atoms with E-state index < -0.39 is 0 Å². The Labute approximate surface area is 87.0 Å². The van der Waals surface area contributed by atoms with Crippen molar-refractivity contribution in [1.82, 2.24) is 4.98 Å². The minimum atomic E-state index is -0.294. The third kappa shape index (κ3) is 1.76. The number of aromatic amines is 1. The quantitative estimate of drug-likeness (QED) is 0.742. The van der Waals surface area contributed by atoms with Crippen LogP contribution in [0.25, 0.3) is 11.1 Å². The first-order chi connectivity index (χ1) is 7.18. The van der Waals surface area contributed by atoms with Gasteiger partial charge in [-0.3, -0.25) is 9.78 Å². The molecule has 0 unspecified atom stereocenters. The molecule has 15 heavy (non-hydrogen) atoms. The van der Waals surface area contributed by atoms with Crippen LogP contribution >= 0.6 is 0 Å². The van der Waals surface area contributed by atoms with Crippen LogP contribution in [0.4, 0.5) is 0 Å². The average molecular weight is 201 g/mol. The lowest BCUT2D eigenvalue weighted by molar-refractivity contribution is 0.447. The number of aromatic nitrogens is 1. The lowest BCUT2D eigenvalue weighted by Crippen LogP contribution is -2.05. The van der Waals surface area contributed by atoms with Crippen LogP contribution in [-0.2, 0) is 0 Å². The van der Waals surface area contributed by atoms with E-state index in [1.54, 1.807) is 6.92 Å². The smallest absolute Gasteiger partial charge is 0.251 e. The summed E-state index contributed by atoms with van der Waals surface area (Å²) in [5.41, 5.74) is 2.08. The predicted octanol–water partition coefficient (Wildman–Crippen LogP) is 2.06. The summed E-state index contributed by atoms with van der Waals surface area (Å²) >= 11 is 0. The van der Waals surface area contributed by atoms with Gasteiger partial charge in [0.15, 0.2) is 5.88 Å². The van der Waals surface area contributed by atoms with Gasteiger partial charge in [0.2, 0.25) is 0 Å². The number of benzene rings is 1. The molecule has 1 heterocycles. The van der Waals surface area contributed by atoms with Crippen LogP contribution in [0.15, 0.2) is 41.2 Å². The average Bonchev–Trinajstić information content (AvgIpc) is 2.24. The number of pyridine rings is 1. The Morgan fingerprint density at radius 2 is 1.87 bits per heavy atom. The van der Waals surface area contributed by atoms with Crippen LogP contribution in [0.2, 0.25) is 0 Å². The van der Waals surface area contributed by atoms with Crippen molar-refractivity contribution in [2.75, 3.05) is 0 Å². The van der Waals surface area contributed by atoms with E-state index in [0.29, 0.717) is 5.56 Å². The second kappa shape index (κ2) is 3.61. The zero-order chi connectivity index (χ0) is 10.8. The SMILES string of the molecule is Cc1c(-c2ccccc2)cc(=O)[nH]c1O. The van der Waals surface area contributed by atoms with E-state index in [1.165, 1.54) is 6.07 Å². The van der Waals surface area contributed by atoms with Crippen molar-refractivity contribution in [2.45, 2.75) is 6.92 Å². The normalized spacial score (nSPS) is 10.2. The van der Waals surface area contributed by atoms with Gasteiger partial charge in [0.1, 0.15) is 0 Å². The fourth-order valence-electron chi connectivity index (χ4n) is 1.53. The molecule has 0 bridgehead atoms. The lowest BCUT2D eigenvalue weighted by Gasteiger charge is -2.06. The molecular formula is C12H11NO2. The van der Waals surface area contributed by atoms with Crippen molar-refractivity contribution >= 4 is 0 Å². The molecule has 0 amide bonds. The molecule has 2 N–H and O–H groups in total. The highest BCUT2D eigenvalue weighted by molar-refractivity contribution is 5.68. The maximum Gasteiger partial charge on any atom is 0.251 e. The first kappa shape index (κ1) is 9.52. The standard InChI is InChI=1S/C12H11NO2/c1-8-10(7-11(14)13-12(8)15)9-5-3-2-4-6-9/h2-7H,1H3,(H2,13,14,15). The maximum atomic E-state index is 11.2. The summed E-state index contributed by atoms with van der Waals surface area (Å²) in [5.74, 6) is -0.0682. The molecule has 0 fully saturated rings. The molecule has 3 nitrogen and oxygen atoms in total. The van der Waals surface area contributed by atoms with Crippen LogP contribution in [0.1, 0.15) is 5.56 Å². The zero-order valence-electron chi connectivity index (χ0n) is 8.32. The van der Waals surface area contributed by atoms with E-state index in [-0.39, 0.29) is 11.4 Å². The minimum absolute atomic E-state index is 0.0682. The summed E-state index contributed by atoms with van der Waals surface area (Å²) in [7, 11) is 0. The van der Waals surface area contributed by atoms with E-state index in [9.17, 15) is 9.90 Å². The van der Waals surface area contributed by atoms with Crippen molar-refractivity contribution in [1.29, 1.82) is 0 Å². The van der Waals surface area contributed by atoms with Gasteiger partial charge in [-0.15, -0.1) is 0 Å². The first-order valence-corrected chi connectivity index (χ1v) is 4.67. The lowest BCUT2D eigenvalue weighted by atomic mass is 10.0. The van der Waals surface area contributed by atoms with E-state index in [4.69, 9.17) is 0 Å². The van der Waals surface area contributed by atoms with Crippen LogP contribution in [0, 0.1) is 6.92 Å². The Bertz CT molecular complexity index is 529. The van der Waals surface area contributed by atoms with Crippen LogP contribution in [-0.4, -0.2) is 10.1 Å². The second-order valence-electron chi connectivity index (χ2n) is 3.39.